The van der Waals surface area contributed by atoms with Crippen LogP contribution in [0.3, 0.4) is 0 Å². The summed E-state index contributed by atoms with van der Waals surface area (Å²) in [5, 5.41) is 11.3. The molecule has 1 aliphatic carbocycles. The van der Waals surface area contributed by atoms with Crippen molar-refractivity contribution in [2.75, 3.05) is 13.1 Å². The molecule has 6 heteroatoms. The van der Waals surface area contributed by atoms with E-state index in [1.165, 1.54) is 18.4 Å². The number of amides is 2. The van der Waals surface area contributed by atoms with Gasteiger partial charge in [0.05, 0.1) is 12.2 Å². The summed E-state index contributed by atoms with van der Waals surface area (Å²) < 4.78 is 1.88. The lowest BCUT2D eigenvalue weighted by Gasteiger charge is -2.35. The van der Waals surface area contributed by atoms with Gasteiger partial charge in [0.15, 0.2) is 0 Å². The van der Waals surface area contributed by atoms with Crippen LogP contribution in [0.15, 0.2) is 42.7 Å². The van der Waals surface area contributed by atoms with Crippen molar-refractivity contribution < 1.29 is 4.79 Å². The Balaban J connectivity index is 1.34. The van der Waals surface area contributed by atoms with Gasteiger partial charge in [0.2, 0.25) is 0 Å². The highest BCUT2D eigenvalue weighted by Gasteiger charge is 2.29. The Labute approximate surface area is 154 Å². The number of hydrogen-bond acceptors (Lipinski definition) is 3. The smallest absolute Gasteiger partial charge is 0.317 e. The molecule has 1 aromatic carbocycles. The molecule has 3 atom stereocenters. The standard InChI is InChI=1S/C20H27N5O/c26-20(24-12-5-10-19(15-24)25-13-11-21-23-25)22-18-9-4-8-17(14-18)16-6-2-1-3-7-16/h1-3,6-7,11,13,17-19H,4-5,8-10,12,14-15H2,(H,22,26). The van der Waals surface area contributed by atoms with Gasteiger partial charge in [-0.2, -0.15) is 0 Å². The zero-order valence-electron chi connectivity index (χ0n) is 15.1. The van der Waals surface area contributed by atoms with Crippen molar-refractivity contribution in [2.45, 2.75) is 56.5 Å². The molecule has 3 unspecified atom stereocenters. The molecule has 26 heavy (non-hydrogen) atoms. The Kier molecular flexibility index (Phi) is 5.18. The number of nitrogens with one attached hydrogen (secondary N) is 1. The number of hydrogen-bond donors (Lipinski definition) is 1. The Bertz CT molecular complexity index is 702. The number of piperidine rings is 1. The molecule has 6 nitrogen and oxygen atoms in total. The molecular formula is C20H27N5O. The molecule has 1 saturated carbocycles. The molecule has 2 amide bonds. The summed E-state index contributed by atoms with van der Waals surface area (Å²) in [6, 6.07) is 11.3. The SMILES string of the molecule is O=C(NC1CCCC(c2ccccc2)C1)N1CCCC(n2ccnn2)C1. The van der Waals surface area contributed by atoms with E-state index in [-0.39, 0.29) is 18.1 Å². The molecule has 1 saturated heterocycles. The van der Waals surface area contributed by atoms with Crippen molar-refractivity contribution in [3.05, 3.63) is 48.3 Å². The molecule has 1 aromatic heterocycles. The van der Waals surface area contributed by atoms with Crippen LogP contribution in [-0.2, 0) is 0 Å². The van der Waals surface area contributed by atoms with Crippen LogP contribution in [-0.4, -0.2) is 45.1 Å². The summed E-state index contributed by atoms with van der Waals surface area (Å²) >= 11 is 0. The molecule has 2 heterocycles. The average molecular weight is 353 g/mol. The first-order chi connectivity index (χ1) is 12.8. The fourth-order valence-corrected chi connectivity index (χ4v) is 4.38. The number of carbonyl (C=O) groups excluding carboxylic acids is 1. The first-order valence-corrected chi connectivity index (χ1v) is 9.76. The van der Waals surface area contributed by atoms with E-state index >= 15 is 0 Å². The third kappa shape index (κ3) is 3.89. The van der Waals surface area contributed by atoms with E-state index in [0.717, 1.165) is 32.2 Å². The minimum absolute atomic E-state index is 0.0773. The molecular weight excluding hydrogens is 326 g/mol. The zero-order valence-corrected chi connectivity index (χ0v) is 15.1. The Morgan fingerprint density at radius 1 is 1.12 bits per heavy atom. The molecule has 2 fully saturated rings. The maximum Gasteiger partial charge on any atom is 0.317 e. The molecule has 1 aliphatic heterocycles. The number of rotatable bonds is 3. The van der Waals surface area contributed by atoms with Gasteiger partial charge in [-0.1, -0.05) is 42.0 Å². The van der Waals surface area contributed by atoms with Gasteiger partial charge in [-0.15, -0.1) is 5.10 Å². The van der Waals surface area contributed by atoms with Crippen molar-refractivity contribution in [1.82, 2.24) is 25.2 Å². The summed E-state index contributed by atoms with van der Waals surface area (Å²) in [5.41, 5.74) is 1.40. The van der Waals surface area contributed by atoms with Gasteiger partial charge in [-0.05, 0) is 43.6 Å². The van der Waals surface area contributed by atoms with Crippen molar-refractivity contribution in [2.24, 2.45) is 0 Å². The molecule has 0 radical (unpaired) electrons. The van der Waals surface area contributed by atoms with Crippen LogP contribution in [0.25, 0.3) is 0 Å². The van der Waals surface area contributed by atoms with Gasteiger partial charge >= 0.3 is 6.03 Å². The minimum atomic E-state index is 0.0773. The lowest BCUT2D eigenvalue weighted by atomic mass is 9.81. The van der Waals surface area contributed by atoms with E-state index in [9.17, 15) is 4.79 Å². The van der Waals surface area contributed by atoms with Gasteiger partial charge in [-0.3, -0.25) is 0 Å². The van der Waals surface area contributed by atoms with Crippen LogP contribution in [0.5, 0.6) is 0 Å². The summed E-state index contributed by atoms with van der Waals surface area (Å²) in [6.07, 6.45) is 10.1. The molecule has 4 rings (SSSR count). The highest BCUT2D eigenvalue weighted by Crippen LogP contribution is 2.33. The van der Waals surface area contributed by atoms with Crippen molar-refractivity contribution in [3.8, 4) is 0 Å². The van der Waals surface area contributed by atoms with Gasteiger partial charge in [0, 0.05) is 25.3 Å². The van der Waals surface area contributed by atoms with E-state index in [1.54, 1.807) is 6.20 Å². The minimum Gasteiger partial charge on any atom is -0.335 e. The Morgan fingerprint density at radius 3 is 2.81 bits per heavy atom. The summed E-state index contributed by atoms with van der Waals surface area (Å²) in [6.45, 7) is 1.54. The second-order valence-electron chi connectivity index (χ2n) is 7.55. The van der Waals surface area contributed by atoms with Crippen LogP contribution >= 0.6 is 0 Å². The first kappa shape index (κ1) is 17.1. The summed E-state index contributed by atoms with van der Waals surface area (Å²) in [4.78, 5) is 14.7. The van der Waals surface area contributed by atoms with Gasteiger partial charge in [0.1, 0.15) is 0 Å². The zero-order chi connectivity index (χ0) is 17.8. The van der Waals surface area contributed by atoms with E-state index < -0.39 is 0 Å². The maximum atomic E-state index is 12.8. The van der Waals surface area contributed by atoms with Gasteiger partial charge in [-0.25, -0.2) is 9.48 Å². The average Bonchev–Trinajstić information content (AvgIpc) is 3.24. The van der Waals surface area contributed by atoms with Crippen molar-refractivity contribution in [3.63, 3.8) is 0 Å². The molecule has 0 bridgehead atoms. The number of carbonyl (C=O) groups is 1. The summed E-state index contributed by atoms with van der Waals surface area (Å²) in [5.74, 6) is 0.555. The number of likely N-dealkylation sites (tertiary alicyclic amines) is 1. The Morgan fingerprint density at radius 2 is 2.00 bits per heavy atom. The number of benzene rings is 1. The highest BCUT2D eigenvalue weighted by molar-refractivity contribution is 5.74. The Hall–Kier alpha value is -2.37. The van der Waals surface area contributed by atoms with Crippen LogP contribution < -0.4 is 5.32 Å². The van der Waals surface area contributed by atoms with Crippen molar-refractivity contribution in [1.29, 1.82) is 0 Å². The van der Waals surface area contributed by atoms with E-state index in [0.29, 0.717) is 12.5 Å². The maximum absolute atomic E-state index is 12.8. The lowest BCUT2D eigenvalue weighted by molar-refractivity contribution is 0.156. The first-order valence-electron chi connectivity index (χ1n) is 9.76. The largest absolute Gasteiger partial charge is 0.335 e. The van der Waals surface area contributed by atoms with Gasteiger partial charge in [0.25, 0.3) is 0 Å². The molecule has 138 valence electrons. The molecule has 2 aliphatic rings. The van der Waals surface area contributed by atoms with Crippen molar-refractivity contribution >= 4 is 6.03 Å². The molecule has 1 N–H and O–H groups in total. The second kappa shape index (κ2) is 7.89. The lowest BCUT2D eigenvalue weighted by Crippen LogP contribution is -2.49. The second-order valence-corrected chi connectivity index (χ2v) is 7.55. The predicted molar refractivity (Wildman–Crippen MR) is 99.8 cm³/mol. The number of aromatic nitrogens is 3. The van der Waals surface area contributed by atoms with Crippen LogP contribution in [0.1, 0.15) is 56.0 Å². The fraction of sp³-hybridized carbons (Fsp3) is 0.550. The van der Waals surface area contributed by atoms with E-state index in [1.807, 2.05) is 15.8 Å². The number of nitrogens with zero attached hydrogens (tertiary/aromatic N) is 4. The summed E-state index contributed by atoms with van der Waals surface area (Å²) in [7, 11) is 0. The fourth-order valence-electron chi connectivity index (χ4n) is 4.38. The quantitative estimate of drug-likeness (QED) is 0.920. The van der Waals surface area contributed by atoms with Gasteiger partial charge < -0.3 is 10.2 Å². The highest BCUT2D eigenvalue weighted by atomic mass is 16.2. The van der Waals surface area contributed by atoms with Crippen LogP contribution in [0.2, 0.25) is 0 Å². The monoisotopic (exact) mass is 353 g/mol. The molecule has 0 spiro atoms. The van der Waals surface area contributed by atoms with Crippen LogP contribution in [0.4, 0.5) is 4.79 Å². The topological polar surface area (TPSA) is 63.1 Å². The van der Waals surface area contributed by atoms with E-state index in [2.05, 4.69) is 46.0 Å². The predicted octanol–water partition coefficient (Wildman–Crippen LogP) is 3.35. The normalized spacial score (nSPS) is 26.5. The third-order valence-electron chi connectivity index (χ3n) is 5.77. The number of urea groups is 1. The van der Waals surface area contributed by atoms with Crippen LogP contribution in [0, 0.1) is 0 Å². The molecule has 2 aromatic rings. The van der Waals surface area contributed by atoms with E-state index in [4.69, 9.17) is 0 Å². The third-order valence-corrected chi connectivity index (χ3v) is 5.77.